The third kappa shape index (κ3) is 2.49. The number of morpholine rings is 1. The first-order valence-electron chi connectivity index (χ1n) is 9.75. The number of rotatable bonds is 3. The molecule has 3 aromatic rings. The van der Waals surface area contributed by atoms with E-state index in [9.17, 15) is 4.79 Å². The summed E-state index contributed by atoms with van der Waals surface area (Å²) in [5.74, 6) is 1.21. The highest BCUT2D eigenvalue weighted by molar-refractivity contribution is 6.32. The topological polar surface area (TPSA) is 76.0 Å². The number of halogens is 1. The Kier molecular flexibility index (Phi) is 3.44. The van der Waals surface area contributed by atoms with Crippen LogP contribution in [0.4, 0.5) is 5.95 Å². The summed E-state index contributed by atoms with van der Waals surface area (Å²) in [6.07, 6.45) is 5.39. The molecule has 8 heteroatoms. The number of ether oxygens (including phenoxy) is 1. The molecular weight excluding hydrogens is 378 g/mol. The second-order valence-electron chi connectivity index (χ2n) is 8.14. The molecule has 2 aliphatic heterocycles. The van der Waals surface area contributed by atoms with Crippen LogP contribution in [0.1, 0.15) is 36.3 Å². The Labute approximate surface area is 166 Å². The van der Waals surface area contributed by atoms with Gasteiger partial charge in [0, 0.05) is 12.7 Å². The minimum absolute atomic E-state index is 0.182. The first-order chi connectivity index (χ1) is 13.6. The van der Waals surface area contributed by atoms with Gasteiger partial charge in [-0.15, -0.1) is 5.10 Å². The fourth-order valence-electron chi connectivity index (χ4n) is 4.52. The minimum atomic E-state index is -0.182. The van der Waals surface area contributed by atoms with Crippen LogP contribution >= 0.6 is 11.6 Å². The van der Waals surface area contributed by atoms with Gasteiger partial charge < -0.3 is 9.64 Å². The van der Waals surface area contributed by atoms with Crippen molar-refractivity contribution in [2.75, 3.05) is 18.1 Å². The maximum atomic E-state index is 12.7. The molecule has 0 spiro atoms. The minimum Gasteiger partial charge on any atom is -0.374 e. The van der Waals surface area contributed by atoms with E-state index in [1.807, 2.05) is 13.0 Å². The van der Waals surface area contributed by atoms with E-state index >= 15 is 0 Å². The Balaban J connectivity index is 1.44. The van der Waals surface area contributed by atoms with E-state index in [0.717, 1.165) is 24.2 Å². The van der Waals surface area contributed by atoms with Gasteiger partial charge >= 0.3 is 0 Å². The molecule has 7 nitrogen and oxygen atoms in total. The number of H-pyrrole nitrogens is 1. The first-order valence-corrected chi connectivity index (χ1v) is 10.1. The lowest BCUT2D eigenvalue weighted by atomic mass is 10.1. The molecule has 0 unspecified atom stereocenters. The third-order valence-electron chi connectivity index (χ3n) is 6.10. The van der Waals surface area contributed by atoms with E-state index in [2.05, 4.69) is 26.0 Å². The molecule has 6 rings (SSSR count). The van der Waals surface area contributed by atoms with Gasteiger partial charge in [-0.1, -0.05) is 17.7 Å². The molecule has 144 valence electrons. The Morgan fingerprint density at radius 3 is 2.86 bits per heavy atom. The number of hydrogen-bond donors (Lipinski definition) is 1. The molecule has 3 fully saturated rings. The highest BCUT2D eigenvalue weighted by Crippen LogP contribution is 2.42. The monoisotopic (exact) mass is 397 g/mol. The highest BCUT2D eigenvalue weighted by atomic mass is 35.5. The molecule has 3 aliphatic rings. The molecule has 1 N–H and O–H groups in total. The lowest BCUT2D eigenvalue weighted by molar-refractivity contribution is 0.0986. The number of anilines is 1. The first kappa shape index (κ1) is 16.6. The molecule has 1 aromatic carbocycles. The lowest BCUT2D eigenvalue weighted by Gasteiger charge is -2.26. The summed E-state index contributed by atoms with van der Waals surface area (Å²) in [7, 11) is 0. The van der Waals surface area contributed by atoms with E-state index < -0.39 is 0 Å². The van der Waals surface area contributed by atoms with Crippen LogP contribution in [-0.4, -0.2) is 45.0 Å². The van der Waals surface area contributed by atoms with Crippen LogP contribution in [0.25, 0.3) is 16.7 Å². The van der Waals surface area contributed by atoms with E-state index in [1.165, 1.54) is 18.4 Å². The molecule has 0 amide bonds. The van der Waals surface area contributed by atoms with Gasteiger partial charge in [-0.3, -0.25) is 9.78 Å². The van der Waals surface area contributed by atoms with Crippen molar-refractivity contribution < 1.29 is 4.74 Å². The lowest BCUT2D eigenvalue weighted by Crippen LogP contribution is -2.38. The Hall–Kier alpha value is -2.38. The maximum Gasteiger partial charge on any atom is 0.263 e. The van der Waals surface area contributed by atoms with Crippen LogP contribution < -0.4 is 10.5 Å². The number of nitrogens with zero attached hydrogens (tertiary/aromatic N) is 4. The second-order valence-corrected chi connectivity index (χ2v) is 8.55. The summed E-state index contributed by atoms with van der Waals surface area (Å²) < 4.78 is 7.33. The zero-order valence-electron chi connectivity index (χ0n) is 15.5. The van der Waals surface area contributed by atoms with Crippen molar-refractivity contribution >= 4 is 28.6 Å². The van der Waals surface area contributed by atoms with Gasteiger partial charge in [0.2, 0.25) is 5.95 Å². The number of hydrogen-bond acceptors (Lipinski definition) is 5. The fourth-order valence-corrected chi connectivity index (χ4v) is 4.88. The van der Waals surface area contributed by atoms with Crippen molar-refractivity contribution in [3.8, 4) is 5.69 Å². The summed E-state index contributed by atoms with van der Waals surface area (Å²) >= 11 is 6.60. The summed E-state index contributed by atoms with van der Waals surface area (Å²) in [6, 6.07) is 4.48. The molecule has 1 saturated carbocycles. The molecule has 4 heterocycles. The zero-order chi connectivity index (χ0) is 19.0. The van der Waals surface area contributed by atoms with Crippen molar-refractivity contribution in [2.24, 2.45) is 0 Å². The standard InChI is InChI=1S/C20H20ClN5O2/c1-10-4-12(11-2-3-11)5-16(21)17(10)26-8-15-18(24-26)22-20(23-19(15)27)25-7-14-6-13(25)9-28-14/h4-5,8,11,13-14H,2-3,6-7,9H2,1H3,(H,22,23,24,27)/t13-,14-/m0/s1. The van der Waals surface area contributed by atoms with Gasteiger partial charge in [-0.25, -0.2) is 4.68 Å². The number of nitrogens with one attached hydrogen (secondary N) is 1. The molecule has 2 saturated heterocycles. The maximum absolute atomic E-state index is 12.7. The van der Waals surface area contributed by atoms with Gasteiger partial charge in [0.15, 0.2) is 5.65 Å². The van der Waals surface area contributed by atoms with Gasteiger partial charge in [-0.2, -0.15) is 4.98 Å². The fraction of sp³-hybridized carbons (Fsp3) is 0.450. The molecule has 1 aliphatic carbocycles. The van der Waals surface area contributed by atoms with Gasteiger partial charge in [-0.05, 0) is 49.3 Å². The number of aromatic amines is 1. The van der Waals surface area contributed by atoms with Crippen molar-refractivity contribution in [1.29, 1.82) is 0 Å². The van der Waals surface area contributed by atoms with E-state index in [1.54, 1.807) is 10.9 Å². The van der Waals surface area contributed by atoms with Crippen LogP contribution in [0.15, 0.2) is 23.1 Å². The van der Waals surface area contributed by atoms with Gasteiger partial charge in [0.25, 0.3) is 5.56 Å². The smallest absolute Gasteiger partial charge is 0.263 e. The van der Waals surface area contributed by atoms with Crippen molar-refractivity contribution in [1.82, 2.24) is 19.7 Å². The Bertz CT molecular complexity index is 1140. The van der Waals surface area contributed by atoms with Crippen LogP contribution in [0, 0.1) is 6.92 Å². The molecule has 2 atom stereocenters. The predicted molar refractivity (Wildman–Crippen MR) is 107 cm³/mol. The molecule has 2 aromatic heterocycles. The van der Waals surface area contributed by atoms with Crippen molar-refractivity contribution in [2.45, 2.75) is 44.2 Å². The Morgan fingerprint density at radius 1 is 1.32 bits per heavy atom. The highest BCUT2D eigenvalue weighted by Gasteiger charge is 2.40. The third-order valence-corrected chi connectivity index (χ3v) is 6.39. The van der Waals surface area contributed by atoms with Crippen LogP contribution in [0.5, 0.6) is 0 Å². The number of benzene rings is 1. The van der Waals surface area contributed by atoms with Crippen molar-refractivity contribution in [3.05, 3.63) is 44.8 Å². The summed E-state index contributed by atoms with van der Waals surface area (Å²) in [5.41, 5.74) is 3.39. The predicted octanol–water partition coefficient (Wildman–Crippen LogP) is 2.93. The number of aromatic nitrogens is 4. The van der Waals surface area contributed by atoms with Gasteiger partial charge in [0.05, 0.1) is 29.5 Å². The quantitative estimate of drug-likeness (QED) is 0.735. The van der Waals surface area contributed by atoms with Crippen molar-refractivity contribution in [3.63, 3.8) is 0 Å². The number of aryl methyl sites for hydroxylation is 1. The van der Waals surface area contributed by atoms with E-state index in [-0.39, 0.29) is 17.7 Å². The van der Waals surface area contributed by atoms with Gasteiger partial charge in [0.1, 0.15) is 5.39 Å². The van der Waals surface area contributed by atoms with Crippen LogP contribution in [0.3, 0.4) is 0 Å². The molecule has 2 bridgehead atoms. The second kappa shape index (κ2) is 5.81. The average Bonchev–Trinajstić information content (AvgIpc) is 3.08. The van der Waals surface area contributed by atoms with E-state index in [0.29, 0.717) is 34.5 Å². The molecule has 28 heavy (non-hydrogen) atoms. The summed E-state index contributed by atoms with van der Waals surface area (Å²) in [6.45, 7) is 3.47. The molecule has 0 radical (unpaired) electrons. The normalized spacial score (nSPS) is 23.9. The van der Waals surface area contributed by atoms with E-state index in [4.69, 9.17) is 16.3 Å². The SMILES string of the molecule is Cc1cc(C2CC2)cc(Cl)c1-n1cc2c(=O)[nH]c(N3C[C@@H]4C[C@H]3CO4)nc2n1. The molecular formula is C20H20ClN5O2. The average molecular weight is 398 g/mol. The Morgan fingerprint density at radius 2 is 2.18 bits per heavy atom. The van der Waals surface area contributed by atoms with Crippen LogP contribution in [0.2, 0.25) is 5.02 Å². The summed E-state index contributed by atoms with van der Waals surface area (Å²) in [4.78, 5) is 22.4. The number of fused-ring (bicyclic) bond motifs is 3. The summed E-state index contributed by atoms with van der Waals surface area (Å²) in [5, 5.41) is 5.71. The largest absolute Gasteiger partial charge is 0.374 e. The zero-order valence-corrected chi connectivity index (χ0v) is 16.2. The van der Waals surface area contributed by atoms with Crippen LogP contribution in [-0.2, 0) is 4.74 Å².